The van der Waals surface area contributed by atoms with Gasteiger partial charge in [-0.1, -0.05) is 19.8 Å². The number of hydrogen-bond acceptors (Lipinski definition) is 4. The molecular formula is C15H26N2OS. The van der Waals surface area contributed by atoms with Crippen molar-refractivity contribution >= 4 is 11.3 Å². The van der Waals surface area contributed by atoms with Crippen molar-refractivity contribution in [2.75, 3.05) is 13.2 Å². The molecule has 1 N–H and O–H groups in total. The minimum Gasteiger partial charge on any atom is -0.368 e. The third-order valence-electron chi connectivity index (χ3n) is 3.98. The van der Waals surface area contributed by atoms with Gasteiger partial charge in [0.15, 0.2) is 0 Å². The molecule has 0 aliphatic heterocycles. The zero-order valence-corrected chi connectivity index (χ0v) is 13.4. The fourth-order valence-electron chi connectivity index (χ4n) is 2.94. The molecule has 2 rings (SSSR count). The highest BCUT2D eigenvalue weighted by molar-refractivity contribution is 7.09. The third-order valence-corrected chi connectivity index (χ3v) is 5.01. The summed E-state index contributed by atoms with van der Waals surface area (Å²) in [4.78, 5) is 4.90. The number of thiazole rings is 1. The Morgan fingerprint density at radius 2 is 2.05 bits per heavy atom. The predicted molar refractivity (Wildman–Crippen MR) is 80.6 cm³/mol. The molecular weight excluding hydrogens is 256 g/mol. The average molecular weight is 282 g/mol. The standard InChI is InChI=1S/C15H26N2OS/c1-5-16-14(3,4)12-11-19-13(17-12)15(18-6-2)9-7-8-10-15/h11,16H,5-10H2,1-4H3. The van der Waals surface area contributed by atoms with Crippen molar-refractivity contribution in [1.29, 1.82) is 0 Å². The third kappa shape index (κ3) is 3.01. The Balaban J connectivity index is 2.24. The van der Waals surface area contributed by atoms with E-state index in [1.807, 2.05) is 0 Å². The van der Waals surface area contributed by atoms with Gasteiger partial charge in [-0.2, -0.15) is 0 Å². The maximum atomic E-state index is 6.09. The van der Waals surface area contributed by atoms with Gasteiger partial charge in [-0.05, 0) is 40.2 Å². The second kappa shape index (κ2) is 5.90. The molecule has 0 aromatic carbocycles. The van der Waals surface area contributed by atoms with Gasteiger partial charge in [0.1, 0.15) is 10.6 Å². The van der Waals surface area contributed by atoms with Crippen molar-refractivity contribution in [3.63, 3.8) is 0 Å². The molecule has 1 saturated carbocycles. The maximum absolute atomic E-state index is 6.09. The van der Waals surface area contributed by atoms with Crippen molar-refractivity contribution in [1.82, 2.24) is 10.3 Å². The molecule has 1 aromatic heterocycles. The highest BCUT2D eigenvalue weighted by Gasteiger charge is 2.39. The van der Waals surface area contributed by atoms with Gasteiger partial charge in [0.05, 0.1) is 11.2 Å². The lowest BCUT2D eigenvalue weighted by Gasteiger charge is -2.27. The molecule has 19 heavy (non-hydrogen) atoms. The summed E-state index contributed by atoms with van der Waals surface area (Å²) in [6, 6.07) is 0. The number of hydrogen-bond donors (Lipinski definition) is 1. The first-order valence-corrected chi connectivity index (χ1v) is 8.27. The van der Waals surface area contributed by atoms with E-state index in [0.717, 1.165) is 31.7 Å². The zero-order chi connectivity index (χ0) is 13.9. The topological polar surface area (TPSA) is 34.1 Å². The van der Waals surface area contributed by atoms with Gasteiger partial charge >= 0.3 is 0 Å². The van der Waals surface area contributed by atoms with Gasteiger partial charge in [-0.3, -0.25) is 0 Å². The van der Waals surface area contributed by atoms with E-state index in [0.29, 0.717) is 0 Å². The second-order valence-corrected chi connectivity index (χ2v) is 6.69. The molecule has 3 nitrogen and oxygen atoms in total. The van der Waals surface area contributed by atoms with Gasteiger partial charge in [-0.25, -0.2) is 4.98 Å². The highest BCUT2D eigenvalue weighted by Crippen LogP contribution is 2.43. The van der Waals surface area contributed by atoms with Crippen LogP contribution in [0.5, 0.6) is 0 Å². The normalized spacial score (nSPS) is 18.9. The molecule has 108 valence electrons. The van der Waals surface area contributed by atoms with Crippen LogP contribution in [0.1, 0.15) is 64.1 Å². The minimum atomic E-state index is -0.0973. The lowest BCUT2D eigenvalue weighted by Crippen LogP contribution is -2.37. The molecule has 1 aliphatic rings. The Hall–Kier alpha value is -0.450. The van der Waals surface area contributed by atoms with Crippen LogP contribution in [0.2, 0.25) is 0 Å². The second-order valence-electron chi connectivity index (χ2n) is 5.83. The van der Waals surface area contributed by atoms with E-state index in [4.69, 9.17) is 9.72 Å². The zero-order valence-electron chi connectivity index (χ0n) is 12.6. The van der Waals surface area contributed by atoms with Crippen LogP contribution in [-0.4, -0.2) is 18.1 Å². The number of nitrogens with zero attached hydrogens (tertiary/aromatic N) is 1. The number of nitrogens with one attached hydrogen (secondary N) is 1. The smallest absolute Gasteiger partial charge is 0.125 e. The van der Waals surface area contributed by atoms with Crippen LogP contribution in [0.25, 0.3) is 0 Å². The summed E-state index contributed by atoms with van der Waals surface area (Å²) in [6.07, 6.45) is 4.75. The predicted octanol–water partition coefficient (Wildman–Crippen LogP) is 3.79. The molecule has 1 aromatic rings. The summed E-state index contributed by atoms with van der Waals surface area (Å²) in [7, 11) is 0. The highest BCUT2D eigenvalue weighted by atomic mass is 32.1. The SMILES string of the molecule is CCNC(C)(C)c1csc(C2(OCC)CCCC2)n1. The lowest BCUT2D eigenvalue weighted by molar-refractivity contribution is -0.0392. The Bertz CT molecular complexity index is 408. The molecule has 0 atom stereocenters. The Labute approximate surface area is 120 Å². The summed E-state index contributed by atoms with van der Waals surface area (Å²) in [5.41, 5.74) is 0.982. The lowest BCUT2D eigenvalue weighted by atomic mass is 10.0. The van der Waals surface area contributed by atoms with Crippen molar-refractivity contribution in [2.45, 2.75) is 64.5 Å². The first-order chi connectivity index (χ1) is 9.04. The molecule has 0 radical (unpaired) electrons. The quantitative estimate of drug-likeness (QED) is 0.862. The fraction of sp³-hybridized carbons (Fsp3) is 0.800. The van der Waals surface area contributed by atoms with Crippen LogP contribution in [0, 0.1) is 0 Å². The van der Waals surface area contributed by atoms with E-state index in [1.165, 1.54) is 17.8 Å². The molecule has 1 aliphatic carbocycles. The van der Waals surface area contributed by atoms with Crippen LogP contribution >= 0.6 is 11.3 Å². The van der Waals surface area contributed by atoms with Crippen LogP contribution in [0.3, 0.4) is 0 Å². The van der Waals surface area contributed by atoms with Crippen LogP contribution in [0.4, 0.5) is 0 Å². The largest absolute Gasteiger partial charge is 0.368 e. The summed E-state index contributed by atoms with van der Waals surface area (Å²) in [5, 5.41) is 6.86. The number of aromatic nitrogens is 1. The molecule has 4 heteroatoms. The van der Waals surface area contributed by atoms with Crippen molar-refractivity contribution < 1.29 is 4.74 Å². The van der Waals surface area contributed by atoms with E-state index in [2.05, 4.69) is 38.4 Å². The van der Waals surface area contributed by atoms with Gasteiger partial charge in [0.25, 0.3) is 0 Å². The molecule has 0 saturated heterocycles. The number of ether oxygens (including phenoxy) is 1. The van der Waals surface area contributed by atoms with Gasteiger partial charge in [-0.15, -0.1) is 11.3 Å². The van der Waals surface area contributed by atoms with E-state index < -0.39 is 0 Å². The summed E-state index contributed by atoms with van der Waals surface area (Å²) in [5.74, 6) is 0. The van der Waals surface area contributed by atoms with Gasteiger partial charge in [0.2, 0.25) is 0 Å². The van der Waals surface area contributed by atoms with Gasteiger partial charge < -0.3 is 10.1 Å². The van der Waals surface area contributed by atoms with E-state index in [9.17, 15) is 0 Å². The summed E-state index contributed by atoms with van der Waals surface area (Å²) < 4.78 is 6.09. The Kier molecular flexibility index (Phi) is 4.64. The van der Waals surface area contributed by atoms with Crippen molar-refractivity contribution in [3.8, 4) is 0 Å². The van der Waals surface area contributed by atoms with Crippen molar-refractivity contribution in [2.24, 2.45) is 0 Å². The van der Waals surface area contributed by atoms with Crippen LogP contribution in [0.15, 0.2) is 5.38 Å². The fourth-order valence-corrected chi connectivity index (χ4v) is 4.14. The molecule has 0 unspecified atom stereocenters. The molecule has 0 spiro atoms. The van der Waals surface area contributed by atoms with Crippen LogP contribution in [-0.2, 0) is 15.9 Å². The summed E-state index contributed by atoms with van der Waals surface area (Å²) in [6.45, 7) is 10.3. The first kappa shape index (κ1) is 14.9. The number of rotatable bonds is 6. The first-order valence-electron chi connectivity index (χ1n) is 7.39. The molecule has 1 fully saturated rings. The Morgan fingerprint density at radius 3 is 2.63 bits per heavy atom. The van der Waals surface area contributed by atoms with Crippen LogP contribution < -0.4 is 5.32 Å². The summed E-state index contributed by atoms with van der Waals surface area (Å²) >= 11 is 1.76. The van der Waals surface area contributed by atoms with Crippen molar-refractivity contribution in [3.05, 3.63) is 16.1 Å². The Morgan fingerprint density at radius 1 is 1.37 bits per heavy atom. The molecule has 0 bridgehead atoms. The monoisotopic (exact) mass is 282 g/mol. The molecule has 1 heterocycles. The average Bonchev–Trinajstić information content (AvgIpc) is 2.97. The van der Waals surface area contributed by atoms with E-state index in [-0.39, 0.29) is 11.1 Å². The van der Waals surface area contributed by atoms with Gasteiger partial charge in [0, 0.05) is 12.0 Å². The van der Waals surface area contributed by atoms with E-state index >= 15 is 0 Å². The maximum Gasteiger partial charge on any atom is 0.125 e. The molecule has 0 amide bonds. The van der Waals surface area contributed by atoms with E-state index in [1.54, 1.807) is 11.3 Å². The minimum absolute atomic E-state index is 0.0600.